The SMILES string of the molecule is Sc1ncn(Cc2ccccc2)n1. The molecule has 2 rings (SSSR count). The van der Waals surface area contributed by atoms with E-state index in [0.29, 0.717) is 5.16 Å². The fraction of sp³-hybridized carbons (Fsp3) is 0.111. The second-order valence-corrected chi connectivity index (χ2v) is 3.13. The number of thiol groups is 1. The number of hydrogen-bond donors (Lipinski definition) is 1. The van der Waals surface area contributed by atoms with Gasteiger partial charge in [-0.3, -0.25) is 0 Å². The Hall–Kier alpha value is -1.29. The summed E-state index contributed by atoms with van der Waals surface area (Å²) in [6, 6.07) is 10.1. The smallest absolute Gasteiger partial charge is 0.205 e. The van der Waals surface area contributed by atoms with E-state index in [9.17, 15) is 0 Å². The molecule has 0 radical (unpaired) electrons. The van der Waals surface area contributed by atoms with Crippen LogP contribution >= 0.6 is 12.6 Å². The van der Waals surface area contributed by atoms with Crippen molar-refractivity contribution in [3.8, 4) is 0 Å². The van der Waals surface area contributed by atoms with Gasteiger partial charge >= 0.3 is 0 Å². The van der Waals surface area contributed by atoms with Crippen molar-refractivity contribution in [1.29, 1.82) is 0 Å². The van der Waals surface area contributed by atoms with E-state index in [4.69, 9.17) is 0 Å². The molecule has 0 spiro atoms. The lowest BCUT2D eigenvalue weighted by atomic mass is 10.2. The van der Waals surface area contributed by atoms with Crippen LogP contribution in [0.15, 0.2) is 41.8 Å². The molecule has 1 aromatic heterocycles. The van der Waals surface area contributed by atoms with Crippen LogP contribution in [0.4, 0.5) is 0 Å². The summed E-state index contributed by atoms with van der Waals surface area (Å²) in [6.45, 7) is 0.744. The van der Waals surface area contributed by atoms with Crippen molar-refractivity contribution in [2.75, 3.05) is 0 Å². The van der Waals surface area contributed by atoms with Gasteiger partial charge in [0.15, 0.2) is 0 Å². The number of benzene rings is 1. The van der Waals surface area contributed by atoms with E-state index in [2.05, 4.69) is 34.8 Å². The molecule has 0 bridgehead atoms. The Morgan fingerprint density at radius 3 is 2.62 bits per heavy atom. The molecule has 0 N–H and O–H groups in total. The van der Waals surface area contributed by atoms with Crippen molar-refractivity contribution in [2.45, 2.75) is 11.7 Å². The largest absolute Gasteiger partial charge is 0.247 e. The highest BCUT2D eigenvalue weighted by Gasteiger charge is 1.96. The molecule has 0 atom stereocenters. The van der Waals surface area contributed by atoms with E-state index in [0.717, 1.165) is 6.54 Å². The minimum atomic E-state index is 0.510. The van der Waals surface area contributed by atoms with Crippen LogP contribution in [-0.4, -0.2) is 14.8 Å². The van der Waals surface area contributed by atoms with Crippen LogP contribution in [0, 0.1) is 0 Å². The van der Waals surface area contributed by atoms with Crippen LogP contribution in [0.25, 0.3) is 0 Å². The zero-order valence-electron chi connectivity index (χ0n) is 6.96. The summed E-state index contributed by atoms with van der Waals surface area (Å²) >= 11 is 4.03. The van der Waals surface area contributed by atoms with Gasteiger partial charge in [0.2, 0.25) is 5.16 Å². The van der Waals surface area contributed by atoms with Gasteiger partial charge in [0, 0.05) is 0 Å². The van der Waals surface area contributed by atoms with Crippen LogP contribution in [0.5, 0.6) is 0 Å². The summed E-state index contributed by atoms with van der Waals surface area (Å²) < 4.78 is 1.76. The maximum Gasteiger partial charge on any atom is 0.205 e. The standard InChI is InChI=1S/C9H9N3S/c13-9-10-7-12(11-9)6-8-4-2-1-3-5-8/h1-5,7H,6H2,(H,11,13). The van der Waals surface area contributed by atoms with Crippen molar-refractivity contribution in [2.24, 2.45) is 0 Å². The summed E-state index contributed by atoms with van der Waals surface area (Å²) in [7, 11) is 0. The molecule has 1 heterocycles. The lowest BCUT2D eigenvalue weighted by Gasteiger charge is -1.98. The highest BCUT2D eigenvalue weighted by Crippen LogP contribution is 2.02. The summed E-state index contributed by atoms with van der Waals surface area (Å²) in [5, 5.41) is 4.59. The zero-order chi connectivity index (χ0) is 9.10. The first-order chi connectivity index (χ1) is 6.34. The van der Waals surface area contributed by atoms with Gasteiger partial charge in [0.25, 0.3) is 0 Å². The first kappa shape index (κ1) is 8.31. The zero-order valence-corrected chi connectivity index (χ0v) is 7.85. The Balaban J connectivity index is 2.15. The van der Waals surface area contributed by atoms with Crippen molar-refractivity contribution in [3.63, 3.8) is 0 Å². The van der Waals surface area contributed by atoms with Crippen molar-refractivity contribution >= 4 is 12.6 Å². The maximum atomic E-state index is 4.08. The average molecular weight is 191 g/mol. The number of rotatable bonds is 2. The van der Waals surface area contributed by atoms with Crippen molar-refractivity contribution in [3.05, 3.63) is 42.2 Å². The lowest BCUT2D eigenvalue weighted by molar-refractivity contribution is 0.667. The first-order valence-electron chi connectivity index (χ1n) is 3.97. The van der Waals surface area contributed by atoms with Crippen LogP contribution in [0.2, 0.25) is 0 Å². The third-order valence-electron chi connectivity index (χ3n) is 1.71. The van der Waals surface area contributed by atoms with Crippen LogP contribution in [0.3, 0.4) is 0 Å². The topological polar surface area (TPSA) is 30.7 Å². The molecule has 0 saturated heterocycles. The summed E-state index contributed by atoms with van der Waals surface area (Å²) in [4.78, 5) is 3.93. The van der Waals surface area contributed by atoms with Gasteiger partial charge in [-0.05, 0) is 5.56 Å². The van der Waals surface area contributed by atoms with E-state index < -0.39 is 0 Å². The van der Waals surface area contributed by atoms with Gasteiger partial charge in [0.05, 0.1) is 6.54 Å². The van der Waals surface area contributed by atoms with Gasteiger partial charge < -0.3 is 0 Å². The van der Waals surface area contributed by atoms with Crippen molar-refractivity contribution in [1.82, 2.24) is 14.8 Å². The molecular weight excluding hydrogens is 182 g/mol. The van der Waals surface area contributed by atoms with Gasteiger partial charge in [-0.15, -0.1) is 17.7 Å². The Morgan fingerprint density at radius 2 is 2.00 bits per heavy atom. The van der Waals surface area contributed by atoms with E-state index in [1.54, 1.807) is 11.0 Å². The quantitative estimate of drug-likeness (QED) is 0.731. The molecule has 0 aliphatic heterocycles. The Kier molecular flexibility index (Phi) is 2.31. The predicted molar refractivity (Wildman–Crippen MR) is 52.8 cm³/mol. The molecule has 0 amide bonds. The third kappa shape index (κ3) is 2.09. The number of hydrogen-bond acceptors (Lipinski definition) is 3. The molecule has 66 valence electrons. The highest BCUT2D eigenvalue weighted by molar-refractivity contribution is 7.80. The maximum absolute atomic E-state index is 4.08. The average Bonchev–Trinajstić information content (AvgIpc) is 2.53. The molecule has 2 aromatic rings. The summed E-state index contributed by atoms with van der Waals surface area (Å²) in [5.74, 6) is 0. The monoisotopic (exact) mass is 191 g/mol. The molecule has 4 heteroatoms. The molecule has 1 aromatic carbocycles. The van der Waals surface area contributed by atoms with Crippen LogP contribution in [-0.2, 0) is 6.54 Å². The van der Waals surface area contributed by atoms with Crippen molar-refractivity contribution < 1.29 is 0 Å². The molecular formula is C9H9N3S. The van der Waals surface area contributed by atoms with Gasteiger partial charge in [0.1, 0.15) is 6.33 Å². The molecule has 3 nitrogen and oxygen atoms in total. The van der Waals surface area contributed by atoms with Gasteiger partial charge in [-0.1, -0.05) is 30.3 Å². The molecule has 0 aliphatic rings. The van der Waals surface area contributed by atoms with Crippen LogP contribution in [0.1, 0.15) is 5.56 Å². The second-order valence-electron chi connectivity index (χ2n) is 2.73. The lowest BCUT2D eigenvalue weighted by Crippen LogP contribution is -1.99. The normalized spacial score (nSPS) is 10.2. The van der Waals surface area contributed by atoms with E-state index >= 15 is 0 Å². The Morgan fingerprint density at radius 1 is 1.23 bits per heavy atom. The highest BCUT2D eigenvalue weighted by atomic mass is 32.1. The number of aromatic nitrogens is 3. The Labute approximate surface area is 81.8 Å². The van der Waals surface area contributed by atoms with Crippen LogP contribution < -0.4 is 0 Å². The molecule has 0 unspecified atom stereocenters. The molecule has 13 heavy (non-hydrogen) atoms. The second kappa shape index (κ2) is 3.62. The van der Waals surface area contributed by atoms with Gasteiger partial charge in [-0.2, -0.15) is 0 Å². The predicted octanol–water partition coefficient (Wildman–Crippen LogP) is 1.62. The number of nitrogens with zero attached hydrogens (tertiary/aromatic N) is 3. The first-order valence-corrected chi connectivity index (χ1v) is 4.41. The Bertz CT molecular complexity index is 383. The molecule has 0 aliphatic carbocycles. The minimum absolute atomic E-state index is 0.510. The summed E-state index contributed by atoms with van der Waals surface area (Å²) in [5.41, 5.74) is 1.21. The van der Waals surface area contributed by atoms with Gasteiger partial charge in [-0.25, -0.2) is 9.67 Å². The molecule has 0 fully saturated rings. The third-order valence-corrected chi connectivity index (χ3v) is 1.92. The van der Waals surface area contributed by atoms with E-state index in [1.807, 2.05) is 18.2 Å². The summed E-state index contributed by atoms with van der Waals surface area (Å²) in [6.07, 6.45) is 1.68. The fourth-order valence-electron chi connectivity index (χ4n) is 1.13. The van der Waals surface area contributed by atoms with E-state index in [-0.39, 0.29) is 0 Å². The van der Waals surface area contributed by atoms with E-state index in [1.165, 1.54) is 5.56 Å². The fourth-order valence-corrected chi connectivity index (χ4v) is 1.30. The minimum Gasteiger partial charge on any atom is -0.247 e. The molecule has 0 saturated carbocycles.